The highest BCUT2D eigenvalue weighted by molar-refractivity contribution is 5.82. The Kier molecular flexibility index (Phi) is 16.5. The fourth-order valence-electron chi connectivity index (χ4n) is 3.69. The Hall–Kier alpha value is -4.34. The standard InChI is InChI=1S/C32H40O10/c1-25(41-31(35)37-23-27-17-11-9-12-18-27)39-29(33)21-15-7-5-3-4-6-8-16-22-30(34)40-26(2)42-32(36)38-24-28-19-13-10-14-20-28/h9-15,17-21,25-26H,3-8,16,22-24H2,1-2H3. The number of unbranched alkanes of at least 4 members (excludes halogenated alkanes) is 6. The number of benzene rings is 2. The van der Waals surface area contributed by atoms with Crippen LogP contribution in [0.5, 0.6) is 0 Å². The molecule has 0 radical (unpaired) electrons. The Labute approximate surface area is 246 Å². The maximum atomic E-state index is 11.9. The van der Waals surface area contributed by atoms with Gasteiger partial charge in [0.1, 0.15) is 13.2 Å². The summed E-state index contributed by atoms with van der Waals surface area (Å²) in [6.45, 7) is 3.05. The molecular weight excluding hydrogens is 544 g/mol. The lowest BCUT2D eigenvalue weighted by atomic mass is 10.1. The van der Waals surface area contributed by atoms with Crippen molar-refractivity contribution in [3.63, 3.8) is 0 Å². The first-order chi connectivity index (χ1) is 20.3. The summed E-state index contributed by atoms with van der Waals surface area (Å²) in [5.74, 6) is -1.03. The van der Waals surface area contributed by atoms with E-state index in [9.17, 15) is 19.2 Å². The molecule has 0 aliphatic carbocycles. The van der Waals surface area contributed by atoms with Crippen LogP contribution in [0.1, 0.15) is 76.3 Å². The summed E-state index contributed by atoms with van der Waals surface area (Å²) in [7, 11) is 0. The van der Waals surface area contributed by atoms with Gasteiger partial charge in [-0.2, -0.15) is 0 Å². The van der Waals surface area contributed by atoms with Crippen LogP contribution in [0.15, 0.2) is 72.8 Å². The second kappa shape index (κ2) is 20.5. The number of rotatable bonds is 18. The van der Waals surface area contributed by atoms with E-state index in [1.54, 1.807) is 6.08 Å². The molecular formula is C32H40O10. The topological polar surface area (TPSA) is 124 Å². The maximum absolute atomic E-state index is 11.9. The normalized spacial score (nSPS) is 12.1. The number of esters is 2. The third-order valence-electron chi connectivity index (χ3n) is 5.76. The second-order valence-electron chi connectivity index (χ2n) is 9.41. The largest absolute Gasteiger partial charge is 0.511 e. The van der Waals surface area contributed by atoms with Crippen LogP contribution < -0.4 is 0 Å². The van der Waals surface area contributed by atoms with E-state index >= 15 is 0 Å². The van der Waals surface area contributed by atoms with E-state index in [2.05, 4.69) is 0 Å². The molecule has 0 aliphatic heterocycles. The monoisotopic (exact) mass is 584 g/mol. The molecule has 0 aliphatic rings. The van der Waals surface area contributed by atoms with Gasteiger partial charge in [-0.05, 0) is 30.4 Å². The molecule has 228 valence electrons. The third-order valence-corrected chi connectivity index (χ3v) is 5.76. The van der Waals surface area contributed by atoms with Gasteiger partial charge in [-0.15, -0.1) is 0 Å². The Morgan fingerprint density at radius 3 is 1.64 bits per heavy atom. The molecule has 2 aromatic carbocycles. The molecule has 10 nitrogen and oxygen atoms in total. The van der Waals surface area contributed by atoms with Crippen molar-refractivity contribution in [1.82, 2.24) is 0 Å². The molecule has 0 amide bonds. The van der Waals surface area contributed by atoms with Gasteiger partial charge in [0, 0.05) is 26.3 Å². The Balaban J connectivity index is 1.41. The third kappa shape index (κ3) is 16.7. The van der Waals surface area contributed by atoms with Crippen LogP contribution in [0.2, 0.25) is 0 Å². The quantitative estimate of drug-likeness (QED) is 0.0586. The highest BCUT2D eigenvalue weighted by Crippen LogP contribution is 2.11. The molecule has 0 saturated carbocycles. The molecule has 2 rings (SSSR count). The van der Waals surface area contributed by atoms with Crippen LogP contribution in [-0.2, 0) is 51.2 Å². The van der Waals surface area contributed by atoms with E-state index in [1.165, 1.54) is 19.9 Å². The molecule has 42 heavy (non-hydrogen) atoms. The lowest BCUT2D eigenvalue weighted by molar-refractivity contribution is -0.168. The molecule has 10 heteroatoms. The first-order valence-electron chi connectivity index (χ1n) is 14.1. The summed E-state index contributed by atoms with van der Waals surface area (Å²) in [4.78, 5) is 47.2. The van der Waals surface area contributed by atoms with Gasteiger partial charge in [0.2, 0.25) is 12.6 Å². The Morgan fingerprint density at radius 2 is 1.10 bits per heavy atom. The van der Waals surface area contributed by atoms with E-state index in [0.29, 0.717) is 12.8 Å². The van der Waals surface area contributed by atoms with Gasteiger partial charge in [-0.3, -0.25) is 4.79 Å². The first-order valence-corrected chi connectivity index (χ1v) is 14.1. The van der Waals surface area contributed by atoms with Crippen LogP contribution in [0.25, 0.3) is 0 Å². The number of ether oxygens (including phenoxy) is 6. The predicted octanol–water partition coefficient (Wildman–Crippen LogP) is 7.15. The predicted molar refractivity (Wildman–Crippen MR) is 153 cm³/mol. The van der Waals surface area contributed by atoms with Crippen LogP contribution in [-0.4, -0.2) is 36.8 Å². The Morgan fingerprint density at radius 1 is 0.619 bits per heavy atom. The number of carbonyl (C=O) groups excluding carboxylic acids is 4. The lowest BCUT2D eigenvalue weighted by Gasteiger charge is -2.14. The number of carbonyl (C=O) groups is 4. The molecule has 0 N–H and O–H groups in total. The summed E-state index contributed by atoms with van der Waals surface area (Å²) >= 11 is 0. The minimum atomic E-state index is -1.07. The van der Waals surface area contributed by atoms with Crippen molar-refractivity contribution in [1.29, 1.82) is 0 Å². The number of hydrogen-bond acceptors (Lipinski definition) is 10. The zero-order valence-electron chi connectivity index (χ0n) is 24.2. The van der Waals surface area contributed by atoms with Crippen LogP contribution in [0, 0.1) is 0 Å². The summed E-state index contributed by atoms with van der Waals surface area (Å²) in [5.41, 5.74) is 1.65. The molecule has 0 fully saturated rings. The van der Waals surface area contributed by atoms with Crippen LogP contribution >= 0.6 is 0 Å². The molecule has 0 spiro atoms. The van der Waals surface area contributed by atoms with Gasteiger partial charge in [0.05, 0.1) is 0 Å². The molecule has 2 atom stereocenters. The van der Waals surface area contributed by atoms with Crippen molar-refractivity contribution in [2.75, 3.05) is 0 Å². The van der Waals surface area contributed by atoms with Gasteiger partial charge in [0.25, 0.3) is 0 Å². The van der Waals surface area contributed by atoms with Crippen molar-refractivity contribution in [3.8, 4) is 0 Å². The van der Waals surface area contributed by atoms with Crippen LogP contribution in [0.3, 0.4) is 0 Å². The van der Waals surface area contributed by atoms with Gasteiger partial charge < -0.3 is 28.4 Å². The minimum absolute atomic E-state index is 0.0665. The van der Waals surface area contributed by atoms with Crippen molar-refractivity contribution in [3.05, 3.63) is 83.9 Å². The Bertz CT molecular complexity index is 1100. The average molecular weight is 585 g/mol. The SMILES string of the molecule is CC(OC(=O)C=CCCCCCCCCC(=O)OC(C)OC(=O)OCc1ccccc1)OC(=O)OCc1ccccc1. The molecule has 0 heterocycles. The fourth-order valence-corrected chi connectivity index (χ4v) is 3.69. The van der Waals surface area contributed by atoms with Crippen LogP contribution in [0.4, 0.5) is 9.59 Å². The van der Waals surface area contributed by atoms with Gasteiger partial charge in [-0.1, -0.05) is 92.4 Å². The number of allylic oxidation sites excluding steroid dienone is 1. The van der Waals surface area contributed by atoms with Gasteiger partial charge in [0.15, 0.2) is 0 Å². The number of hydrogen-bond donors (Lipinski definition) is 0. The zero-order valence-corrected chi connectivity index (χ0v) is 24.2. The van der Waals surface area contributed by atoms with E-state index in [4.69, 9.17) is 28.4 Å². The summed E-state index contributed by atoms with van der Waals surface area (Å²) < 4.78 is 30.0. The second-order valence-corrected chi connectivity index (χ2v) is 9.41. The van der Waals surface area contributed by atoms with E-state index in [1.807, 2.05) is 60.7 Å². The maximum Gasteiger partial charge on any atom is 0.511 e. The van der Waals surface area contributed by atoms with Gasteiger partial charge >= 0.3 is 24.2 Å². The van der Waals surface area contributed by atoms with Crippen molar-refractivity contribution < 1.29 is 47.6 Å². The van der Waals surface area contributed by atoms with E-state index < -0.39 is 36.8 Å². The molecule has 2 aromatic rings. The fraction of sp³-hybridized carbons (Fsp3) is 0.438. The molecule has 0 saturated heterocycles. The summed E-state index contributed by atoms with van der Waals surface area (Å²) in [5, 5.41) is 0. The average Bonchev–Trinajstić information content (AvgIpc) is 2.96. The zero-order chi connectivity index (χ0) is 30.4. The highest BCUT2D eigenvalue weighted by Gasteiger charge is 2.16. The van der Waals surface area contributed by atoms with Crippen molar-refractivity contribution in [2.24, 2.45) is 0 Å². The lowest BCUT2D eigenvalue weighted by Crippen LogP contribution is -2.22. The molecule has 0 bridgehead atoms. The van der Waals surface area contributed by atoms with Gasteiger partial charge in [-0.25, -0.2) is 14.4 Å². The summed E-state index contributed by atoms with van der Waals surface area (Å²) in [6, 6.07) is 18.3. The molecule has 2 unspecified atom stereocenters. The minimum Gasteiger partial charge on any atom is -0.429 e. The smallest absolute Gasteiger partial charge is 0.429 e. The van der Waals surface area contributed by atoms with E-state index in [0.717, 1.165) is 43.2 Å². The van der Waals surface area contributed by atoms with Crippen molar-refractivity contribution >= 4 is 24.2 Å². The van der Waals surface area contributed by atoms with Crippen molar-refractivity contribution in [2.45, 2.75) is 91.0 Å². The first kappa shape index (κ1) is 33.9. The highest BCUT2D eigenvalue weighted by atomic mass is 16.8. The molecule has 0 aromatic heterocycles. The summed E-state index contributed by atoms with van der Waals surface area (Å²) in [6.07, 6.45) is 5.47. The van der Waals surface area contributed by atoms with E-state index in [-0.39, 0.29) is 19.6 Å².